The number of carbonyl (C=O) groups excluding carboxylic acids is 1. The summed E-state index contributed by atoms with van der Waals surface area (Å²) in [7, 11) is 0. The lowest BCUT2D eigenvalue weighted by Gasteiger charge is -2.08. The number of benzene rings is 2. The normalized spacial score (nSPS) is 10.8. The van der Waals surface area contributed by atoms with Gasteiger partial charge in [-0.3, -0.25) is 0 Å². The first-order valence-electron chi connectivity index (χ1n) is 7.30. The fourth-order valence-electron chi connectivity index (χ4n) is 2.22. The zero-order valence-electron chi connectivity index (χ0n) is 13.1. The minimum Gasteiger partial charge on any atom is -0.457 e. The summed E-state index contributed by atoms with van der Waals surface area (Å²) in [6.07, 6.45) is 0. The van der Waals surface area contributed by atoms with Gasteiger partial charge in [-0.2, -0.15) is 0 Å². The van der Waals surface area contributed by atoms with Crippen molar-refractivity contribution in [2.24, 2.45) is 0 Å². The number of rotatable bonds is 3. The molecule has 0 N–H and O–H groups in total. The molecule has 1 heterocycles. The Morgan fingerprint density at radius 2 is 1.79 bits per heavy atom. The van der Waals surface area contributed by atoms with Gasteiger partial charge in [0.15, 0.2) is 0 Å². The van der Waals surface area contributed by atoms with Gasteiger partial charge in [0.05, 0.1) is 28.0 Å². The summed E-state index contributed by atoms with van der Waals surface area (Å²) in [5.74, 6) is -0.952. The lowest BCUT2D eigenvalue weighted by molar-refractivity contribution is 0.0469. The van der Waals surface area contributed by atoms with E-state index in [1.165, 1.54) is 6.07 Å². The summed E-state index contributed by atoms with van der Waals surface area (Å²) in [5, 5.41) is 0. The molecule has 0 aliphatic heterocycles. The van der Waals surface area contributed by atoms with Crippen molar-refractivity contribution < 1.29 is 13.9 Å². The molecule has 4 nitrogen and oxygen atoms in total. The highest BCUT2D eigenvalue weighted by Crippen LogP contribution is 2.18. The molecule has 0 aliphatic carbocycles. The van der Waals surface area contributed by atoms with E-state index in [1.54, 1.807) is 30.3 Å². The fourth-order valence-corrected chi connectivity index (χ4v) is 2.56. The molecule has 0 spiro atoms. The average Bonchev–Trinajstić information content (AvgIpc) is 2.54. The molecule has 0 aliphatic rings. The Kier molecular flexibility index (Phi) is 4.57. The van der Waals surface area contributed by atoms with E-state index in [-0.39, 0.29) is 6.61 Å². The van der Waals surface area contributed by atoms with E-state index in [9.17, 15) is 9.18 Å². The van der Waals surface area contributed by atoms with E-state index in [0.717, 1.165) is 11.4 Å². The number of ether oxygens (including phenoxy) is 1. The van der Waals surface area contributed by atoms with Crippen LogP contribution in [0.2, 0.25) is 0 Å². The van der Waals surface area contributed by atoms with Crippen molar-refractivity contribution in [2.75, 3.05) is 0 Å². The summed E-state index contributed by atoms with van der Waals surface area (Å²) in [6, 6.07) is 9.60. The van der Waals surface area contributed by atoms with Crippen molar-refractivity contribution in [3.05, 3.63) is 69.2 Å². The van der Waals surface area contributed by atoms with E-state index in [1.807, 2.05) is 13.8 Å². The molecule has 0 radical (unpaired) electrons. The van der Waals surface area contributed by atoms with Crippen LogP contribution in [0.3, 0.4) is 0 Å². The van der Waals surface area contributed by atoms with Gasteiger partial charge in [0.2, 0.25) is 0 Å². The fraction of sp³-hybridized carbons (Fsp3) is 0.167. The van der Waals surface area contributed by atoms with Crippen LogP contribution in [0.15, 0.2) is 40.9 Å². The van der Waals surface area contributed by atoms with Gasteiger partial charge in [0, 0.05) is 10.0 Å². The molecule has 3 rings (SSSR count). The third-order valence-corrected chi connectivity index (χ3v) is 4.18. The number of hydrogen-bond acceptors (Lipinski definition) is 4. The zero-order valence-corrected chi connectivity index (χ0v) is 14.7. The number of fused-ring (bicyclic) bond motifs is 1. The Morgan fingerprint density at radius 1 is 1.08 bits per heavy atom. The predicted octanol–water partition coefficient (Wildman–Crippen LogP) is 4.51. The van der Waals surface area contributed by atoms with E-state index >= 15 is 0 Å². The van der Waals surface area contributed by atoms with Gasteiger partial charge in [0.25, 0.3) is 0 Å². The highest BCUT2D eigenvalue weighted by atomic mass is 79.9. The van der Waals surface area contributed by atoms with Crippen molar-refractivity contribution in [2.45, 2.75) is 20.5 Å². The lowest BCUT2D eigenvalue weighted by atomic mass is 10.2. The standard InChI is InChI=1S/C18H14BrFN2O2/c1-10-11(2)22-17-7-12(4-6-16(17)21-10)18(23)24-9-13-3-5-14(19)8-15(13)20/h3-8H,9H2,1-2H3. The highest BCUT2D eigenvalue weighted by Gasteiger charge is 2.12. The lowest BCUT2D eigenvalue weighted by Crippen LogP contribution is -2.07. The molecule has 0 amide bonds. The predicted molar refractivity (Wildman–Crippen MR) is 92.2 cm³/mol. The summed E-state index contributed by atoms with van der Waals surface area (Å²) in [6.45, 7) is 3.62. The molecule has 3 aromatic rings. The monoisotopic (exact) mass is 388 g/mol. The van der Waals surface area contributed by atoms with Crippen molar-refractivity contribution in [1.82, 2.24) is 9.97 Å². The quantitative estimate of drug-likeness (QED) is 0.619. The minimum absolute atomic E-state index is 0.130. The van der Waals surface area contributed by atoms with Crippen molar-refractivity contribution in [3.8, 4) is 0 Å². The second-order valence-corrected chi connectivity index (χ2v) is 6.33. The van der Waals surface area contributed by atoms with Gasteiger partial charge < -0.3 is 4.74 Å². The van der Waals surface area contributed by atoms with Crippen LogP contribution in [-0.4, -0.2) is 15.9 Å². The van der Waals surface area contributed by atoms with Crippen LogP contribution >= 0.6 is 15.9 Å². The number of aryl methyl sites for hydroxylation is 2. The first-order chi connectivity index (χ1) is 11.4. The van der Waals surface area contributed by atoms with Crippen molar-refractivity contribution in [3.63, 3.8) is 0 Å². The molecule has 0 bridgehead atoms. The number of halogens is 2. The first kappa shape index (κ1) is 16.5. The van der Waals surface area contributed by atoms with Gasteiger partial charge >= 0.3 is 5.97 Å². The maximum Gasteiger partial charge on any atom is 0.338 e. The molecule has 0 saturated carbocycles. The maximum absolute atomic E-state index is 13.8. The van der Waals surface area contributed by atoms with Crippen LogP contribution in [-0.2, 0) is 11.3 Å². The number of nitrogens with zero attached hydrogens (tertiary/aromatic N) is 2. The van der Waals surface area contributed by atoms with Crippen LogP contribution in [0.5, 0.6) is 0 Å². The second kappa shape index (κ2) is 6.65. The SMILES string of the molecule is Cc1nc2ccc(C(=O)OCc3ccc(Br)cc3F)cc2nc1C. The van der Waals surface area contributed by atoms with Crippen LogP contribution in [0.1, 0.15) is 27.3 Å². The zero-order chi connectivity index (χ0) is 17.3. The Labute approximate surface area is 146 Å². The van der Waals surface area contributed by atoms with Gasteiger partial charge in [0.1, 0.15) is 12.4 Å². The number of esters is 1. The Balaban J connectivity index is 1.79. The molecule has 0 unspecified atom stereocenters. The number of hydrogen-bond donors (Lipinski definition) is 0. The molecule has 0 atom stereocenters. The van der Waals surface area contributed by atoms with Gasteiger partial charge in [-0.1, -0.05) is 22.0 Å². The molecule has 1 aromatic heterocycles. The molecule has 24 heavy (non-hydrogen) atoms. The van der Waals surface area contributed by atoms with Crippen LogP contribution in [0.25, 0.3) is 11.0 Å². The summed E-state index contributed by atoms with van der Waals surface area (Å²) in [4.78, 5) is 21.0. The van der Waals surface area contributed by atoms with E-state index in [0.29, 0.717) is 26.6 Å². The van der Waals surface area contributed by atoms with Crippen LogP contribution in [0.4, 0.5) is 4.39 Å². The van der Waals surface area contributed by atoms with E-state index < -0.39 is 11.8 Å². The molecule has 0 fully saturated rings. The largest absolute Gasteiger partial charge is 0.457 e. The topological polar surface area (TPSA) is 52.1 Å². The summed E-state index contributed by atoms with van der Waals surface area (Å²) < 4.78 is 19.6. The Bertz CT molecular complexity index is 944. The molecule has 122 valence electrons. The third kappa shape index (κ3) is 3.43. The van der Waals surface area contributed by atoms with E-state index in [4.69, 9.17) is 4.74 Å². The molecule has 6 heteroatoms. The number of aromatic nitrogens is 2. The van der Waals surface area contributed by atoms with Gasteiger partial charge in [-0.05, 0) is 44.2 Å². The number of carbonyl (C=O) groups is 1. The van der Waals surface area contributed by atoms with Crippen LogP contribution < -0.4 is 0 Å². The van der Waals surface area contributed by atoms with Gasteiger partial charge in [-0.25, -0.2) is 19.2 Å². The molecule has 2 aromatic carbocycles. The molecular formula is C18H14BrFN2O2. The highest BCUT2D eigenvalue weighted by molar-refractivity contribution is 9.10. The summed E-state index contributed by atoms with van der Waals surface area (Å²) >= 11 is 3.19. The van der Waals surface area contributed by atoms with Gasteiger partial charge in [-0.15, -0.1) is 0 Å². The maximum atomic E-state index is 13.8. The second-order valence-electron chi connectivity index (χ2n) is 5.41. The first-order valence-corrected chi connectivity index (χ1v) is 8.09. The Morgan fingerprint density at radius 3 is 2.50 bits per heavy atom. The average molecular weight is 389 g/mol. The third-order valence-electron chi connectivity index (χ3n) is 3.68. The van der Waals surface area contributed by atoms with Crippen molar-refractivity contribution >= 4 is 32.9 Å². The molecular weight excluding hydrogens is 375 g/mol. The smallest absolute Gasteiger partial charge is 0.338 e. The van der Waals surface area contributed by atoms with E-state index in [2.05, 4.69) is 25.9 Å². The van der Waals surface area contributed by atoms with Crippen molar-refractivity contribution in [1.29, 1.82) is 0 Å². The molecule has 0 saturated heterocycles. The van der Waals surface area contributed by atoms with Crippen LogP contribution in [0, 0.1) is 19.7 Å². The minimum atomic E-state index is -0.528. The summed E-state index contributed by atoms with van der Waals surface area (Å²) in [5.41, 5.74) is 3.68. The Hall–Kier alpha value is -2.34.